The van der Waals surface area contributed by atoms with Crippen LogP contribution < -0.4 is 5.43 Å². The minimum absolute atomic E-state index is 0.0696. The van der Waals surface area contributed by atoms with Crippen molar-refractivity contribution >= 4 is 30.0 Å². The van der Waals surface area contributed by atoms with E-state index in [2.05, 4.69) is 47.8 Å². The van der Waals surface area contributed by atoms with Gasteiger partial charge in [0.05, 0.1) is 12.0 Å². The first-order chi connectivity index (χ1) is 13.3. The van der Waals surface area contributed by atoms with Crippen molar-refractivity contribution < 1.29 is 4.79 Å². The minimum Gasteiger partial charge on any atom is -0.272 e. The highest BCUT2D eigenvalue weighted by Gasteiger charge is 2.01. The largest absolute Gasteiger partial charge is 0.272 e. The molecule has 0 fully saturated rings. The molecule has 0 bridgehead atoms. The third-order valence-electron chi connectivity index (χ3n) is 3.98. The molecule has 0 heterocycles. The number of hydrogen-bond donors (Lipinski definition) is 1. The molecule has 2 aromatic carbocycles. The zero-order chi connectivity index (χ0) is 19.2. The Balaban J connectivity index is 1.81. The second kappa shape index (κ2) is 12.9. The molecule has 0 radical (unpaired) electrons. The maximum atomic E-state index is 12.0. The summed E-state index contributed by atoms with van der Waals surface area (Å²) in [6.45, 7) is 2.20. The quantitative estimate of drug-likeness (QED) is 0.309. The molecule has 3 nitrogen and oxygen atoms in total. The third-order valence-corrected chi connectivity index (χ3v) is 4.99. The van der Waals surface area contributed by atoms with E-state index in [9.17, 15) is 4.79 Å². The Hall–Kier alpha value is -2.33. The van der Waals surface area contributed by atoms with Crippen molar-refractivity contribution in [2.75, 3.05) is 5.75 Å². The number of benzene rings is 2. The monoisotopic (exact) mass is 380 g/mol. The summed E-state index contributed by atoms with van der Waals surface area (Å²) < 4.78 is 0. The lowest BCUT2D eigenvalue weighted by molar-refractivity contribution is -0.118. The van der Waals surface area contributed by atoms with Crippen LogP contribution >= 0.6 is 11.8 Å². The van der Waals surface area contributed by atoms with E-state index in [-0.39, 0.29) is 5.91 Å². The zero-order valence-electron chi connectivity index (χ0n) is 15.9. The first-order valence-corrected chi connectivity index (χ1v) is 10.6. The van der Waals surface area contributed by atoms with Gasteiger partial charge in [0.2, 0.25) is 5.91 Å². The number of carbonyl (C=O) groups excluding carboxylic acids is 1. The molecule has 0 aliphatic heterocycles. The molecule has 0 aliphatic rings. The fourth-order valence-electron chi connectivity index (χ4n) is 2.57. The molecule has 0 aliphatic carbocycles. The van der Waals surface area contributed by atoms with Gasteiger partial charge in [-0.05, 0) is 29.5 Å². The van der Waals surface area contributed by atoms with Gasteiger partial charge in [0, 0.05) is 5.75 Å². The summed E-state index contributed by atoms with van der Waals surface area (Å²) in [5.41, 5.74) is 6.15. The molecular weight excluding hydrogens is 352 g/mol. The van der Waals surface area contributed by atoms with Crippen LogP contribution in [0.15, 0.2) is 71.3 Å². The molecule has 2 rings (SSSR count). The highest BCUT2D eigenvalue weighted by Crippen LogP contribution is 2.13. The highest BCUT2D eigenvalue weighted by atomic mass is 32.2. The second-order valence-corrected chi connectivity index (χ2v) is 7.34. The van der Waals surface area contributed by atoms with E-state index in [0.29, 0.717) is 5.75 Å². The summed E-state index contributed by atoms with van der Waals surface area (Å²) in [5, 5.41) is 4.17. The maximum absolute atomic E-state index is 12.0. The SMILES string of the molecule is CCCCCC(C=NNC(=O)CSCc1ccccc1)=Cc1ccccc1. The van der Waals surface area contributed by atoms with Crippen LogP contribution in [0.5, 0.6) is 0 Å². The van der Waals surface area contributed by atoms with E-state index in [0.717, 1.165) is 29.7 Å². The Morgan fingerprint density at radius 3 is 2.44 bits per heavy atom. The average Bonchev–Trinajstić information content (AvgIpc) is 2.69. The van der Waals surface area contributed by atoms with Crippen LogP contribution in [0.3, 0.4) is 0 Å². The van der Waals surface area contributed by atoms with E-state index in [1.807, 2.05) is 36.4 Å². The van der Waals surface area contributed by atoms with Crippen molar-refractivity contribution in [2.24, 2.45) is 5.10 Å². The second-order valence-electron chi connectivity index (χ2n) is 6.36. The minimum atomic E-state index is -0.0696. The molecule has 0 unspecified atom stereocenters. The van der Waals surface area contributed by atoms with Gasteiger partial charge in [0.1, 0.15) is 0 Å². The van der Waals surface area contributed by atoms with E-state index in [1.165, 1.54) is 18.4 Å². The van der Waals surface area contributed by atoms with Gasteiger partial charge in [-0.2, -0.15) is 5.10 Å². The van der Waals surface area contributed by atoms with Crippen LogP contribution in [0.25, 0.3) is 6.08 Å². The van der Waals surface area contributed by atoms with Gasteiger partial charge in [0.25, 0.3) is 0 Å². The molecule has 0 saturated carbocycles. The van der Waals surface area contributed by atoms with Crippen molar-refractivity contribution in [3.05, 3.63) is 77.4 Å². The van der Waals surface area contributed by atoms with Gasteiger partial charge >= 0.3 is 0 Å². The summed E-state index contributed by atoms with van der Waals surface area (Å²) in [6.07, 6.45) is 8.39. The molecule has 0 saturated heterocycles. The highest BCUT2D eigenvalue weighted by molar-refractivity contribution is 7.99. The van der Waals surface area contributed by atoms with Gasteiger partial charge in [-0.25, -0.2) is 5.43 Å². The Labute approximate surface area is 167 Å². The van der Waals surface area contributed by atoms with Crippen LogP contribution in [-0.4, -0.2) is 17.9 Å². The van der Waals surface area contributed by atoms with Crippen LogP contribution in [0, 0.1) is 0 Å². The van der Waals surface area contributed by atoms with Crippen molar-refractivity contribution in [3.8, 4) is 0 Å². The Morgan fingerprint density at radius 2 is 1.74 bits per heavy atom. The summed E-state index contributed by atoms with van der Waals surface area (Å²) in [6, 6.07) is 20.4. The molecule has 2 aromatic rings. The average molecular weight is 381 g/mol. The Kier molecular flexibility index (Phi) is 10.0. The van der Waals surface area contributed by atoms with E-state index in [1.54, 1.807) is 18.0 Å². The third kappa shape index (κ3) is 9.25. The Morgan fingerprint density at radius 1 is 1.04 bits per heavy atom. The summed E-state index contributed by atoms with van der Waals surface area (Å²) in [5.74, 6) is 1.16. The van der Waals surface area contributed by atoms with E-state index >= 15 is 0 Å². The van der Waals surface area contributed by atoms with Gasteiger partial charge in [0.15, 0.2) is 0 Å². The van der Waals surface area contributed by atoms with Crippen LogP contribution in [0.2, 0.25) is 0 Å². The van der Waals surface area contributed by atoms with Crippen molar-refractivity contribution in [1.29, 1.82) is 0 Å². The molecule has 0 spiro atoms. The molecule has 1 N–H and O–H groups in total. The lowest BCUT2D eigenvalue weighted by atomic mass is 10.1. The first-order valence-electron chi connectivity index (χ1n) is 9.47. The fourth-order valence-corrected chi connectivity index (χ4v) is 3.35. The molecular formula is C23H28N2OS. The summed E-state index contributed by atoms with van der Waals surface area (Å²) in [7, 11) is 0. The fraction of sp³-hybridized carbons (Fsp3) is 0.304. The standard InChI is InChI=1S/C23H28N2OS/c1-2-3-6-15-22(16-20-11-7-4-8-12-20)17-24-25-23(26)19-27-18-21-13-9-5-10-14-21/h4-5,7-14,16-17H,2-3,6,15,18-19H2,1H3,(H,25,26). The smallest absolute Gasteiger partial charge is 0.250 e. The topological polar surface area (TPSA) is 41.5 Å². The number of amides is 1. The predicted octanol–water partition coefficient (Wildman–Crippen LogP) is 5.69. The summed E-state index contributed by atoms with van der Waals surface area (Å²) in [4.78, 5) is 12.0. The van der Waals surface area contributed by atoms with Crippen molar-refractivity contribution in [1.82, 2.24) is 5.43 Å². The number of allylic oxidation sites excluding steroid dienone is 1. The molecule has 0 aromatic heterocycles. The number of carbonyl (C=O) groups is 1. The first kappa shape index (κ1) is 21.0. The molecule has 0 atom stereocenters. The van der Waals surface area contributed by atoms with Gasteiger partial charge in [-0.1, -0.05) is 86.5 Å². The normalized spacial score (nSPS) is 11.7. The number of hydrogen-bond acceptors (Lipinski definition) is 3. The Bertz CT molecular complexity index is 727. The van der Waals surface area contributed by atoms with Crippen molar-refractivity contribution in [3.63, 3.8) is 0 Å². The van der Waals surface area contributed by atoms with Crippen LogP contribution in [0.1, 0.15) is 43.7 Å². The number of nitrogens with one attached hydrogen (secondary N) is 1. The van der Waals surface area contributed by atoms with Gasteiger partial charge in [-0.3, -0.25) is 4.79 Å². The van der Waals surface area contributed by atoms with Gasteiger partial charge < -0.3 is 0 Å². The lowest BCUT2D eigenvalue weighted by Crippen LogP contribution is -2.19. The van der Waals surface area contributed by atoms with Crippen molar-refractivity contribution in [2.45, 2.75) is 38.4 Å². The van der Waals surface area contributed by atoms with Gasteiger partial charge in [-0.15, -0.1) is 11.8 Å². The van der Waals surface area contributed by atoms with E-state index in [4.69, 9.17) is 0 Å². The number of nitrogens with zero attached hydrogens (tertiary/aromatic N) is 1. The van der Waals surface area contributed by atoms with Crippen LogP contribution in [-0.2, 0) is 10.5 Å². The molecule has 142 valence electrons. The maximum Gasteiger partial charge on any atom is 0.250 e. The van der Waals surface area contributed by atoms with E-state index < -0.39 is 0 Å². The molecule has 1 amide bonds. The number of thioether (sulfide) groups is 1. The predicted molar refractivity (Wildman–Crippen MR) is 118 cm³/mol. The summed E-state index contributed by atoms with van der Waals surface area (Å²) >= 11 is 1.59. The lowest BCUT2D eigenvalue weighted by Gasteiger charge is -2.04. The zero-order valence-corrected chi connectivity index (χ0v) is 16.8. The number of hydrazone groups is 1. The van der Waals surface area contributed by atoms with Crippen LogP contribution in [0.4, 0.5) is 0 Å². The molecule has 4 heteroatoms. The molecule has 27 heavy (non-hydrogen) atoms. The number of unbranched alkanes of at least 4 members (excludes halogenated alkanes) is 2. The number of rotatable bonds is 11.